The molecule has 0 saturated carbocycles. The summed E-state index contributed by atoms with van der Waals surface area (Å²) < 4.78 is 10.4. The largest absolute Gasteiger partial charge is 0.508 e. The number of carbonyl (C=O) groups excluding carboxylic acids is 3. The summed E-state index contributed by atoms with van der Waals surface area (Å²) in [5, 5.41) is 16.0. The summed E-state index contributed by atoms with van der Waals surface area (Å²) in [6, 6.07) is 12.0. The van der Waals surface area contributed by atoms with E-state index in [0.29, 0.717) is 17.9 Å². The molecule has 1 atom stereocenters. The Morgan fingerprint density at radius 2 is 1.61 bits per heavy atom. The van der Waals surface area contributed by atoms with Gasteiger partial charge in [-0.15, -0.1) is 0 Å². The minimum atomic E-state index is -1.18. The molecule has 0 bridgehead atoms. The fourth-order valence-electron chi connectivity index (χ4n) is 3.55. The highest BCUT2D eigenvalue weighted by Gasteiger charge is 2.41. The highest BCUT2D eigenvalue weighted by atomic mass is 16.6. The van der Waals surface area contributed by atoms with Crippen LogP contribution in [0.5, 0.6) is 11.5 Å². The first kappa shape index (κ1) is 28.5. The van der Waals surface area contributed by atoms with Crippen LogP contribution in [0.2, 0.25) is 0 Å². The van der Waals surface area contributed by atoms with Crippen molar-refractivity contribution in [3.63, 3.8) is 0 Å². The molecule has 2 aromatic carbocycles. The van der Waals surface area contributed by atoms with E-state index in [1.165, 1.54) is 11.0 Å². The highest BCUT2D eigenvalue weighted by Crippen LogP contribution is 2.36. The van der Waals surface area contributed by atoms with Gasteiger partial charge in [-0.1, -0.05) is 25.1 Å². The number of methoxy groups -OCH3 is 1. The zero-order chi connectivity index (χ0) is 27.1. The Bertz CT molecular complexity index is 1060. The maximum Gasteiger partial charge on any atom is 0.408 e. The molecule has 36 heavy (non-hydrogen) atoms. The number of phenols is 1. The van der Waals surface area contributed by atoms with Crippen LogP contribution < -0.4 is 15.4 Å². The molecule has 0 fully saturated rings. The third kappa shape index (κ3) is 7.63. The van der Waals surface area contributed by atoms with E-state index in [2.05, 4.69) is 10.6 Å². The number of rotatable bonds is 9. The zero-order valence-electron chi connectivity index (χ0n) is 22.0. The lowest BCUT2D eigenvalue weighted by Crippen LogP contribution is -2.55. The van der Waals surface area contributed by atoms with Crippen LogP contribution >= 0.6 is 0 Å². The Balaban J connectivity index is 2.46. The summed E-state index contributed by atoms with van der Waals surface area (Å²) in [5.41, 5.74) is -0.784. The van der Waals surface area contributed by atoms with Gasteiger partial charge >= 0.3 is 6.09 Å². The second-order valence-corrected chi connectivity index (χ2v) is 9.96. The van der Waals surface area contributed by atoms with E-state index in [9.17, 15) is 19.5 Å². The van der Waals surface area contributed by atoms with Crippen LogP contribution in [0.1, 0.15) is 59.6 Å². The van der Waals surface area contributed by atoms with E-state index in [0.717, 1.165) is 0 Å². The molecule has 0 aromatic heterocycles. The molecule has 9 heteroatoms. The van der Waals surface area contributed by atoms with Crippen molar-refractivity contribution in [3.05, 3.63) is 54.1 Å². The number of aromatic hydroxyl groups is 1. The second kappa shape index (κ2) is 11.8. The standard InChI is InChI=1S/C27H37N3O6/c1-8-27(5,6)30(22(32)17-28-25(34)36-26(2,3)4)23(20-11-9-10-12-21(20)31)24(33)29-18-13-15-19(35-7)16-14-18/h9-16,23,31H,8,17H2,1-7H3,(H,28,34)(H,29,33). The normalized spacial score (nSPS) is 12.3. The summed E-state index contributed by atoms with van der Waals surface area (Å²) in [6.07, 6.45) is -0.239. The van der Waals surface area contributed by atoms with Crippen molar-refractivity contribution in [2.24, 2.45) is 0 Å². The number of anilines is 1. The van der Waals surface area contributed by atoms with Crippen molar-refractivity contribution >= 4 is 23.6 Å². The fraction of sp³-hybridized carbons (Fsp3) is 0.444. The average Bonchev–Trinajstić information content (AvgIpc) is 2.80. The van der Waals surface area contributed by atoms with Gasteiger partial charge < -0.3 is 30.1 Å². The average molecular weight is 500 g/mol. The van der Waals surface area contributed by atoms with Crippen LogP contribution in [0, 0.1) is 0 Å². The van der Waals surface area contributed by atoms with E-state index in [-0.39, 0.29) is 11.3 Å². The van der Waals surface area contributed by atoms with Crippen molar-refractivity contribution in [1.82, 2.24) is 10.2 Å². The van der Waals surface area contributed by atoms with Crippen LogP contribution in [0.3, 0.4) is 0 Å². The lowest BCUT2D eigenvalue weighted by molar-refractivity contribution is -0.145. The van der Waals surface area contributed by atoms with Crippen LogP contribution in [-0.4, -0.2) is 52.7 Å². The molecular weight excluding hydrogens is 462 g/mol. The molecule has 2 rings (SSSR count). The number of nitrogens with zero attached hydrogens (tertiary/aromatic N) is 1. The Hall–Kier alpha value is -3.75. The summed E-state index contributed by atoms with van der Waals surface area (Å²) in [4.78, 5) is 40.9. The predicted molar refractivity (Wildman–Crippen MR) is 138 cm³/mol. The number of nitrogens with one attached hydrogen (secondary N) is 2. The Morgan fingerprint density at radius 3 is 2.14 bits per heavy atom. The number of carbonyl (C=O) groups is 3. The summed E-state index contributed by atoms with van der Waals surface area (Å²) >= 11 is 0. The van der Waals surface area contributed by atoms with Gasteiger partial charge in [-0.05, 0) is 71.4 Å². The maximum absolute atomic E-state index is 13.7. The first-order valence-corrected chi connectivity index (χ1v) is 11.8. The van der Waals surface area contributed by atoms with Crippen molar-refractivity contribution in [3.8, 4) is 11.5 Å². The zero-order valence-corrected chi connectivity index (χ0v) is 22.0. The van der Waals surface area contributed by atoms with E-state index in [4.69, 9.17) is 9.47 Å². The molecule has 0 aliphatic carbocycles. The van der Waals surface area contributed by atoms with E-state index < -0.39 is 41.6 Å². The molecular formula is C27H37N3O6. The lowest BCUT2D eigenvalue weighted by Gasteiger charge is -2.43. The first-order chi connectivity index (χ1) is 16.8. The SMILES string of the molecule is CCC(C)(C)N(C(=O)CNC(=O)OC(C)(C)C)C(C(=O)Nc1ccc(OC)cc1)c1ccccc1O. The monoisotopic (exact) mass is 499 g/mol. The molecule has 3 N–H and O–H groups in total. The van der Waals surface area contributed by atoms with Crippen molar-refractivity contribution in [2.75, 3.05) is 19.0 Å². The minimum absolute atomic E-state index is 0.128. The molecule has 0 heterocycles. The number of alkyl carbamates (subject to hydrolysis) is 1. The molecule has 196 valence electrons. The molecule has 0 aliphatic heterocycles. The van der Waals surface area contributed by atoms with Crippen molar-refractivity contribution in [2.45, 2.75) is 65.1 Å². The van der Waals surface area contributed by atoms with Crippen LogP contribution in [0.15, 0.2) is 48.5 Å². The lowest BCUT2D eigenvalue weighted by atomic mass is 9.92. The number of ether oxygens (including phenoxy) is 2. The number of hydrogen-bond acceptors (Lipinski definition) is 6. The van der Waals surface area contributed by atoms with Gasteiger partial charge in [0.25, 0.3) is 5.91 Å². The molecule has 2 aromatic rings. The van der Waals surface area contributed by atoms with E-state index >= 15 is 0 Å². The molecule has 9 nitrogen and oxygen atoms in total. The molecule has 3 amide bonds. The molecule has 1 unspecified atom stereocenters. The maximum atomic E-state index is 13.7. The van der Waals surface area contributed by atoms with Gasteiger partial charge in [0.05, 0.1) is 7.11 Å². The van der Waals surface area contributed by atoms with Gasteiger partial charge in [-0.2, -0.15) is 0 Å². The predicted octanol–water partition coefficient (Wildman–Crippen LogP) is 4.62. The summed E-state index contributed by atoms with van der Waals surface area (Å²) in [5.74, 6) is -0.528. The van der Waals surface area contributed by atoms with Gasteiger partial charge in [0.2, 0.25) is 5.91 Å². The van der Waals surface area contributed by atoms with Gasteiger partial charge in [0.1, 0.15) is 29.7 Å². The van der Waals surface area contributed by atoms with Crippen molar-refractivity contribution in [1.29, 1.82) is 0 Å². The van der Waals surface area contributed by atoms with E-state index in [1.54, 1.807) is 70.3 Å². The molecule has 0 saturated heterocycles. The smallest absolute Gasteiger partial charge is 0.408 e. The number of amides is 3. The second-order valence-electron chi connectivity index (χ2n) is 9.96. The third-order valence-electron chi connectivity index (χ3n) is 5.66. The quantitative estimate of drug-likeness (QED) is 0.463. The number of para-hydroxylation sites is 1. The van der Waals surface area contributed by atoms with Crippen molar-refractivity contribution < 1.29 is 29.0 Å². The third-order valence-corrected chi connectivity index (χ3v) is 5.66. The molecule has 0 radical (unpaired) electrons. The van der Waals surface area contributed by atoms with Gasteiger partial charge in [-0.3, -0.25) is 9.59 Å². The number of hydrogen-bond donors (Lipinski definition) is 3. The number of benzene rings is 2. The molecule has 0 spiro atoms. The fourth-order valence-corrected chi connectivity index (χ4v) is 3.55. The first-order valence-electron chi connectivity index (χ1n) is 11.8. The van der Waals surface area contributed by atoms with Gasteiger partial charge in [0, 0.05) is 16.8 Å². The molecule has 0 aliphatic rings. The van der Waals surface area contributed by atoms with Gasteiger partial charge in [0.15, 0.2) is 0 Å². The van der Waals surface area contributed by atoms with Gasteiger partial charge in [-0.25, -0.2) is 4.79 Å². The minimum Gasteiger partial charge on any atom is -0.508 e. The highest BCUT2D eigenvalue weighted by molar-refractivity contribution is 5.99. The Morgan fingerprint density at radius 1 is 1.00 bits per heavy atom. The number of phenolic OH excluding ortho intramolecular Hbond substituents is 1. The topological polar surface area (TPSA) is 117 Å². The Kier molecular flexibility index (Phi) is 9.33. The van der Waals surface area contributed by atoms with Crippen LogP contribution in [0.4, 0.5) is 10.5 Å². The van der Waals surface area contributed by atoms with Crippen LogP contribution in [0.25, 0.3) is 0 Å². The van der Waals surface area contributed by atoms with Crippen LogP contribution in [-0.2, 0) is 14.3 Å². The summed E-state index contributed by atoms with van der Waals surface area (Å²) in [7, 11) is 1.55. The summed E-state index contributed by atoms with van der Waals surface area (Å²) in [6.45, 7) is 10.3. The Labute approximate surface area is 212 Å². The van der Waals surface area contributed by atoms with E-state index in [1.807, 2.05) is 20.8 Å².